The average Bonchev–Trinajstić information content (AvgIpc) is 2.24. The van der Waals surface area contributed by atoms with Crippen LogP contribution in [0.2, 0.25) is 0 Å². The van der Waals surface area contributed by atoms with E-state index < -0.39 is 11.7 Å². The lowest BCUT2D eigenvalue weighted by molar-refractivity contribution is -0.142. The lowest BCUT2D eigenvalue weighted by Gasteiger charge is -2.22. The highest BCUT2D eigenvalue weighted by Crippen LogP contribution is 2.07. The van der Waals surface area contributed by atoms with Crippen molar-refractivity contribution in [2.24, 2.45) is 0 Å². The Morgan fingerprint density at radius 1 is 1.21 bits per heavy atom. The first-order chi connectivity index (χ1) is 8.65. The van der Waals surface area contributed by atoms with Crippen molar-refractivity contribution < 1.29 is 19.1 Å². The first-order valence-corrected chi connectivity index (χ1v) is 6.46. The molecule has 19 heavy (non-hydrogen) atoms. The number of hydrogen-bond acceptors (Lipinski definition) is 5. The summed E-state index contributed by atoms with van der Waals surface area (Å²) in [5.74, 6) is -0.298. The van der Waals surface area contributed by atoms with Gasteiger partial charge < -0.3 is 20.1 Å². The van der Waals surface area contributed by atoms with Crippen LogP contribution in [0.3, 0.4) is 0 Å². The Labute approximate surface area is 115 Å². The average molecular weight is 274 g/mol. The van der Waals surface area contributed by atoms with Gasteiger partial charge in [0.05, 0.1) is 7.11 Å². The van der Waals surface area contributed by atoms with E-state index in [1.165, 1.54) is 7.11 Å². The van der Waals surface area contributed by atoms with Gasteiger partial charge in [-0.3, -0.25) is 4.79 Å². The normalized spacial score (nSPS) is 14.4. The minimum Gasteiger partial charge on any atom is -0.468 e. The van der Waals surface area contributed by atoms with Gasteiger partial charge in [0, 0.05) is 6.04 Å². The lowest BCUT2D eigenvalue weighted by Crippen LogP contribution is -2.41. The molecule has 0 heterocycles. The van der Waals surface area contributed by atoms with E-state index in [0.29, 0.717) is 13.0 Å². The van der Waals surface area contributed by atoms with Gasteiger partial charge in [-0.15, -0.1) is 0 Å². The van der Waals surface area contributed by atoms with Crippen LogP contribution in [0.5, 0.6) is 0 Å². The van der Waals surface area contributed by atoms with E-state index in [4.69, 9.17) is 4.74 Å². The van der Waals surface area contributed by atoms with Crippen molar-refractivity contribution in [1.29, 1.82) is 0 Å². The molecule has 6 heteroatoms. The number of methoxy groups -OCH3 is 1. The summed E-state index contributed by atoms with van der Waals surface area (Å²) in [6.45, 7) is 9.67. The molecule has 0 aliphatic heterocycles. The number of nitrogens with one attached hydrogen (secondary N) is 2. The van der Waals surface area contributed by atoms with Crippen molar-refractivity contribution in [2.45, 2.75) is 58.7 Å². The molecule has 0 aliphatic rings. The molecule has 0 bridgehead atoms. The standard InChI is InChI=1S/C13H26N2O4/c1-9(15-12(17)19-13(3,4)5)7-8-14-10(2)11(16)18-6/h9-10,14H,7-8H2,1-6H3,(H,15,17). The van der Waals surface area contributed by atoms with E-state index in [2.05, 4.69) is 15.4 Å². The molecule has 0 aromatic carbocycles. The molecule has 1 amide bonds. The Bertz CT molecular complexity index is 300. The van der Waals surface area contributed by atoms with Crippen LogP contribution < -0.4 is 10.6 Å². The Balaban J connectivity index is 3.84. The predicted octanol–water partition coefficient (Wildman–Crippen LogP) is 1.44. The van der Waals surface area contributed by atoms with Crippen molar-refractivity contribution in [3.05, 3.63) is 0 Å². The molecule has 0 radical (unpaired) electrons. The summed E-state index contributed by atoms with van der Waals surface area (Å²) in [6.07, 6.45) is 0.265. The van der Waals surface area contributed by atoms with Crippen molar-refractivity contribution in [1.82, 2.24) is 10.6 Å². The molecular weight excluding hydrogens is 248 g/mol. The van der Waals surface area contributed by atoms with Crippen LogP contribution in [0, 0.1) is 0 Å². The summed E-state index contributed by atoms with van der Waals surface area (Å²) >= 11 is 0. The van der Waals surface area contributed by atoms with E-state index in [1.54, 1.807) is 6.92 Å². The van der Waals surface area contributed by atoms with Crippen LogP contribution in [0.1, 0.15) is 41.0 Å². The highest BCUT2D eigenvalue weighted by Gasteiger charge is 2.18. The van der Waals surface area contributed by atoms with Crippen molar-refractivity contribution in [3.8, 4) is 0 Å². The Kier molecular flexibility index (Phi) is 7.44. The monoisotopic (exact) mass is 274 g/mol. The molecule has 2 unspecified atom stereocenters. The molecule has 112 valence electrons. The summed E-state index contributed by atoms with van der Waals surface area (Å²) in [5.41, 5.74) is -0.499. The van der Waals surface area contributed by atoms with Crippen LogP contribution in [-0.2, 0) is 14.3 Å². The number of esters is 1. The molecule has 2 atom stereocenters. The lowest BCUT2D eigenvalue weighted by atomic mass is 10.2. The summed E-state index contributed by atoms with van der Waals surface area (Å²) in [4.78, 5) is 22.6. The van der Waals surface area contributed by atoms with E-state index in [-0.39, 0.29) is 18.1 Å². The molecule has 6 nitrogen and oxygen atoms in total. The van der Waals surface area contributed by atoms with Gasteiger partial charge in [0.25, 0.3) is 0 Å². The van der Waals surface area contributed by atoms with Gasteiger partial charge in [0.2, 0.25) is 0 Å². The fourth-order valence-electron chi connectivity index (χ4n) is 1.36. The number of alkyl carbamates (subject to hydrolysis) is 1. The second-order valence-electron chi connectivity index (χ2n) is 5.53. The maximum absolute atomic E-state index is 11.5. The van der Waals surface area contributed by atoms with Crippen LogP contribution in [-0.4, -0.2) is 43.4 Å². The van der Waals surface area contributed by atoms with Gasteiger partial charge in [-0.1, -0.05) is 0 Å². The van der Waals surface area contributed by atoms with E-state index in [0.717, 1.165) is 0 Å². The van der Waals surface area contributed by atoms with Gasteiger partial charge in [-0.05, 0) is 47.6 Å². The largest absolute Gasteiger partial charge is 0.468 e. The number of carbonyl (C=O) groups excluding carboxylic acids is 2. The van der Waals surface area contributed by atoms with Gasteiger partial charge in [-0.25, -0.2) is 4.79 Å². The number of hydrogen-bond donors (Lipinski definition) is 2. The first-order valence-electron chi connectivity index (χ1n) is 6.46. The second-order valence-corrected chi connectivity index (χ2v) is 5.53. The van der Waals surface area contributed by atoms with Crippen molar-refractivity contribution >= 4 is 12.1 Å². The maximum Gasteiger partial charge on any atom is 0.407 e. The van der Waals surface area contributed by atoms with Crippen molar-refractivity contribution in [2.75, 3.05) is 13.7 Å². The molecule has 0 rings (SSSR count). The maximum atomic E-state index is 11.5. The van der Waals surface area contributed by atoms with E-state index >= 15 is 0 Å². The van der Waals surface area contributed by atoms with Crippen LogP contribution >= 0.6 is 0 Å². The van der Waals surface area contributed by atoms with Gasteiger partial charge in [-0.2, -0.15) is 0 Å². The number of amides is 1. The van der Waals surface area contributed by atoms with E-state index in [9.17, 15) is 9.59 Å². The molecular formula is C13H26N2O4. The third-order valence-electron chi connectivity index (χ3n) is 2.35. The summed E-state index contributed by atoms with van der Waals surface area (Å²) < 4.78 is 9.74. The molecule has 0 aromatic heterocycles. The molecule has 0 saturated heterocycles. The SMILES string of the molecule is COC(=O)C(C)NCCC(C)NC(=O)OC(C)(C)C. The smallest absolute Gasteiger partial charge is 0.407 e. The van der Waals surface area contributed by atoms with Gasteiger partial charge in [0.15, 0.2) is 0 Å². The minimum atomic E-state index is -0.499. The summed E-state index contributed by atoms with van der Waals surface area (Å²) in [7, 11) is 1.35. The highest BCUT2D eigenvalue weighted by atomic mass is 16.6. The topological polar surface area (TPSA) is 76.7 Å². The first kappa shape index (κ1) is 17.7. The predicted molar refractivity (Wildman–Crippen MR) is 72.9 cm³/mol. The highest BCUT2D eigenvalue weighted by molar-refractivity contribution is 5.75. The number of carbonyl (C=O) groups is 2. The Hall–Kier alpha value is -1.30. The molecule has 0 aliphatic carbocycles. The number of rotatable bonds is 6. The number of ether oxygens (including phenoxy) is 2. The van der Waals surface area contributed by atoms with Crippen LogP contribution in [0.15, 0.2) is 0 Å². The third-order valence-corrected chi connectivity index (χ3v) is 2.35. The van der Waals surface area contributed by atoms with E-state index in [1.807, 2.05) is 27.7 Å². The van der Waals surface area contributed by atoms with Crippen molar-refractivity contribution in [3.63, 3.8) is 0 Å². The fraction of sp³-hybridized carbons (Fsp3) is 0.846. The quantitative estimate of drug-likeness (QED) is 0.717. The molecule has 2 N–H and O–H groups in total. The molecule has 0 aromatic rings. The van der Waals surface area contributed by atoms with Crippen LogP contribution in [0.25, 0.3) is 0 Å². The second kappa shape index (κ2) is 7.99. The minimum absolute atomic E-state index is 0.0350. The Morgan fingerprint density at radius 3 is 2.26 bits per heavy atom. The summed E-state index contributed by atoms with van der Waals surface area (Å²) in [5, 5.41) is 5.76. The Morgan fingerprint density at radius 2 is 1.79 bits per heavy atom. The van der Waals surface area contributed by atoms with Crippen LogP contribution in [0.4, 0.5) is 4.79 Å². The molecule has 0 spiro atoms. The fourth-order valence-corrected chi connectivity index (χ4v) is 1.36. The summed E-state index contributed by atoms with van der Waals surface area (Å²) in [6, 6.07) is -0.383. The molecule has 0 saturated carbocycles. The molecule has 0 fully saturated rings. The van der Waals surface area contributed by atoms with Gasteiger partial charge >= 0.3 is 12.1 Å². The van der Waals surface area contributed by atoms with Gasteiger partial charge in [0.1, 0.15) is 11.6 Å². The zero-order valence-corrected chi connectivity index (χ0v) is 12.7. The zero-order chi connectivity index (χ0) is 15.1. The zero-order valence-electron chi connectivity index (χ0n) is 12.7. The third kappa shape index (κ3) is 9.30.